The highest BCUT2D eigenvalue weighted by Crippen LogP contribution is 2.55. The fourth-order valence-corrected chi connectivity index (χ4v) is 5.78. The van der Waals surface area contributed by atoms with E-state index in [-0.39, 0.29) is 12.1 Å². The van der Waals surface area contributed by atoms with Crippen molar-refractivity contribution in [1.29, 1.82) is 0 Å². The molecule has 4 heterocycles. The van der Waals surface area contributed by atoms with Crippen LogP contribution in [0, 0.1) is 5.41 Å². The van der Waals surface area contributed by atoms with Gasteiger partial charge >= 0.3 is 0 Å². The van der Waals surface area contributed by atoms with E-state index in [2.05, 4.69) is 30.9 Å². The standard InChI is InChI=1S/C23H23BrN6O3/c24-14-5-11-1-2-12(6-15(11)29-21(14)26)17-8-23(9-33-17)7-16(18(31)19(23)32)30-4-3-13-20(25)27-10-28-22(13)30/h1-6,10,16-19,31-32H,7-9H2,(H2,26,29)(H2,25,27,28)/t16-,17?,18+,19+,23-/m1/s1. The molecular formula is C23H23BrN6O3. The lowest BCUT2D eigenvalue weighted by Crippen LogP contribution is -2.37. The second-order valence-electron chi connectivity index (χ2n) is 9.10. The van der Waals surface area contributed by atoms with Gasteiger partial charge in [0.25, 0.3) is 0 Å². The highest BCUT2D eigenvalue weighted by atomic mass is 79.9. The van der Waals surface area contributed by atoms with Crippen molar-refractivity contribution in [2.75, 3.05) is 18.1 Å². The van der Waals surface area contributed by atoms with Crippen LogP contribution in [0.1, 0.15) is 30.6 Å². The summed E-state index contributed by atoms with van der Waals surface area (Å²) in [6.07, 6.45) is 2.33. The summed E-state index contributed by atoms with van der Waals surface area (Å²) in [6, 6.07) is 9.44. The maximum atomic E-state index is 11.1. The van der Waals surface area contributed by atoms with Crippen LogP contribution in [0.25, 0.3) is 21.9 Å². The molecule has 9 nitrogen and oxygen atoms in total. The Labute approximate surface area is 197 Å². The van der Waals surface area contributed by atoms with Crippen molar-refractivity contribution in [2.24, 2.45) is 5.41 Å². The van der Waals surface area contributed by atoms with E-state index in [1.165, 1.54) is 6.33 Å². The molecule has 6 rings (SSSR count). The Morgan fingerprint density at radius 2 is 1.94 bits per heavy atom. The lowest BCUT2D eigenvalue weighted by Gasteiger charge is -2.26. The van der Waals surface area contributed by atoms with E-state index in [9.17, 15) is 10.2 Å². The Morgan fingerprint density at radius 3 is 2.79 bits per heavy atom. The summed E-state index contributed by atoms with van der Waals surface area (Å²) < 4.78 is 8.83. The minimum absolute atomic E-state index is 0.207. The van der Waals surface area contributed by atoms with E-state index in [4.69, 9.17) is 16.2 Å². The number of fused-ring (bicyclic) bond motifs is 2. The molecule has 6 N–H and O–H groups in total. The van der Waals surface area contributed by atoms with Crippen LogP contribution in [0.5, 0.6) is 0 Å². The number of halogens is 1. The van der Waals surface area contributed by atoms with Crippen LogP contribution >= 0.6 is 15.9 Å². The first-order valence-corrected chi connectivity index (χ1v) is 11.6. The van der Waals surface area contributed by atoms with Gasteiger partial charge in [-0.05, 0) is 52.5 Å². The predicted octanol–water partition coefficient (Wildman–Crippen LogP) is 2.72. The summed E-state index contributed by atoms with van der Waals surface area (Å²) in [5, 5.41) is 23.8. The van der Waals surface area contributed by atoms with Crippen molar-refractivity contribution < 1.29 is 14.9 Å². The van der Waals surface area contributed by atoms with Gasteiger partial charge in [0, 0.05) is 17.0 Å². The van der Waals surface area contributed by atoms with Crippen LogP contribution in [0.2, 0.25) is 0 Å². The Kier molecular flexibility index (Phi) is 4.64. The van der Waals surface area contributed by atoms with Gasteiger partial charge in [0.05, 0.1) is 40.2 Å². The van der Waals surface area contributed by atoms with Gasteiger partial charge in [-0.15, -0.1) is 0 Å². The molecule has 3 aromatic heterocycles. The number of hydrogen-bond donors (Lipinski definition) is 4. The van der Waals surface area contributed by atoms with E-state index in [0.29, 0.717) is 36.7 Å². The van der Waals surface area contributed by atoms with Crippen LogP contribution in [0.3, 0.4) is 0 Å². The number of nitrogen functional groups attached to an aromatic ring is 2. The molecule has 1 saturated heterocycles. The first-order valence-electron chi connectivity index (χ1n) is 10.8. The van der Waals surface area contributed by atoms with Crippen molar-refractivity contribution in [3.8, 4) is 0 Å². The van der Waals surface area contributed by atoms with Crippen molar-refractivity contribution in [3.63, 3.8) is 0 Å². The number of rotatable bonds is 2. The second-order valence-corrected chi connectivity index (χ2v) is 9.95. The Morgan fingerprint density at radius 1 is 1.09 bits per heavy atom. The Balaban J connectivity index is 1.30. The number of aliphatic hydroxyl groups excluding tert-OH is 2. The number of aliphatic hydroxyl groups is 2. The van der Waals surface area contributed by atoms with Gasteiger partial charge in [-0.1, -0.05) is 12.1 Å². The molecule has 1 aliphatic heterocycles. The molecule has 4 aromatic rings. The molecule has 33 heavy (non-hydrogen) atoms. The highest BCUT2D eigenvalue weighted by molar-refractivity contribution is 9.10. The predicted molar refractivity (Wildman–Crippen MR) is 127 cm³/mol. The molecule has 1 unspecified atom stereocenters. The summed E-state index contributed by atoms with van der Waals surface area (Å²) in [5.41, 5.74) is 13.8. The smallest absolute Gasteiger partial charge is 0.145 e. The van der Waals surface area contributed by atoms with Gasteiger partial charge in [0.15, 0.2) is 0 Å². The molecule has 1 spiro atoms. The van der Waals surface area contributed by atoms with Gasteiger partial charge in [-0.3, -0.25) is 0 Å². The number of benzene rings is 1. The van der Waals surface area contributed by atoms with Crippen LogP contribution < -0.4 is 11.5 Å². The van der Waals surface area contributed by atoms with Crippen LogP contribution in [-0.2, 0) is 4.74 Å². The molecule has 0 bridgehead atoms. The number of ether oxygens (including phenoxy) is 1. The van der Waals surface area contributed by atoms with Gasteiger partial charge in [-0.2, -0.15) is 0 Å². The summed E-state index contributed by atoms with van der Waals surface area (Å²) >= 11 is 3.41. The van der Waals surface area contributed by atoms with E-state index in [0.717, 1.165) is 26.3 Å². The number of anilines is 2. The van der Waals surface area contributed by atoms with E-state index in [1.54, 1.807) is 0 Å². The summed E-state index contributed by atoms with van der Waals surface area (Å²) in [6.45, 7) is 0.358. The van der Waals surface area contributed by atoms with Gasteiger partial charge in [0.2, 0.25) is 0 Å². The fraction of sp³-hybridized carbons (Fsp3) is 0.348. The van der Waals surface area contributed by atoms with Crippen molar-refractivity contribution in [1.82, 2.24) is 19.5 Å². The number of nitrogens with two attached hydrogens (primary N) is 2. The highest BCUT2D eigenvalue weighted by Gasteiger charge is 2.57. The van der Waals surface area contributed by atoms with Gasteiger partial charge in [0.1, 0.15) is 29.7 Å². The Hall–Kier alpha value is -2.79. The largest absolute Gasteiger partial charge is 0.390 e. The van der Waals surface area contributed by atoms with Gasteiger partial charge < -0.3 is 31.0 Å². The summed E-state index contributed by atoms with van der Waals surface area (Å²) in [5.74, 6) is 0.826. The SMILES string of the molecule is Nc1nc2cc(C3C[C@@]4(CO3)C[C@@H](n3ccc5c(N)ncnc53)[C@H](O)[C@@H]4O)ccc2cc1Br. The lowest BCUT2D eigenvalue weighted by atomic mass is 9.80. The third kappa shape index (κ3) is 3.12. The topological polar surface area (TPSA) is 145 Å². The molecule has 2 fully saturated rings. The molecule has 10 heteroatoms. The second kappa shape index (κ2) is 7.36. The molecule has 5 atom stereocenters. The molecule has 1 aliphatic carbocycles. The number of nitrogens with zero attached hydrogens (tertiary/aromatic N) is 4. The summed E-state index contributed by atoms with van der Waals surface area (Å²) in [7, 11) is 0. The monoisotopic (exact) mass is 510 g/mol. The quantitative estimate of drug-likeness (QED) is 0.322. The molecule has 1 aromatic carbocycles. The zero-order chi connectivity index (χ0) is 22.9. The Bertz CT molecular complexity index is 1390. The van der Waals surface area contributed by atoms with Crippen molar-refractivity contribution in [3.05, 3.63) is 52.9 Å². The summed E-state index contributed by atoms with van der Waals surface area (Å²) in [4.78, 5) is 12.9. The molecule has 1 saturated carbocycles. The average molecular weight is 511 g/mol. The molecule has 2 aliphatic rings. The van der Waals surface area contributed by atoms with Crippen LogP contribution in [0.4, 0.5) is 11.6 Å². The molecule has 0 radical (unpaired) electrons. The fourth-order valence-electron chi connectivity index (χ4n) is 5.44. The minimum atomic E-state index is -0.949. The van der Waals surface area contributed by atoms with Crippen molar-refractivity contribution in [2.45, 2.75) is 37.2 Å². The average Bonchev–Trinajstić information content (AvgIpc) is 3.48. The third-order valence-electron chi connectivity index (χ3n) is 7.22. The first kappa shape index (κ1) is 20.8. The van der Waals surface area contributed by atoms with E-state index < -0.39 is 17.6 Å². The zero-order valence-electron chi connectivity index (χ0n) is 17.6. The van der Waals surface area contributed by atoms with E-state index >= 15 is 0 Å². The number of hydrogen-bond acceptors (Lipinski definition) is 8. The number of pyridine rings is 1. The van der Waals surface area contributed by atoms with E-state index in [1.807, 2.05) is 41.1 Å². The van der Waals surface area contributed by atoms with Crippen LogP contribution in [0.15, 0.2) is 47.3 Å². The zero-order valence-corrected chi connectivity index (χ0v) is 19.2. The molecule has 0 amide bonds. The maximum Gasteiger partial charge on any atom is 0.145 e. The van der Waals surface area contributed by atoms with Gasteiger partial charge in [-0.25, -0.2) is 15.0 Å². The number of aromatic nitrogens is 4. The maximum absolute atomic E-state index is 11.1. The lowest BCUT2D eigenvalue weighted by molar-refractivity contribution is -0.0309. The first-order chi connectivity index (χ1) is 15.9. The third-order valence-corrected chi connectivity index (χ3v) is 7.85. The minimum Gasteiger partial charge on any atom is -0.390 e. The normalized spacial score (nSPS) is 29.5. The molecular weight excluding hydrogens is 488 g/mol. The molecule has 170 valence electrons. The van der Waals surface area contributed by atoms with Crippen LogP contribution in [-0.4, -0.2) is 48.5 Å². The van der Waals surface area contributed by atoms with Crippen molar-refractivity contribution >= 4 is 49.5 Å².